The molecule has 0 fully saturated rings. The molecule has 1 rings (SSSR count). The highest BCUT2D eigenvalue weighted by atomic mass is 35.5. The first-order valence-corrected chi connectivity index (χ1v) is 9.40. The van der Waals surface area contributed by atoms with E-state index in [4.69, 9.17) is 9.15 Å². The van der Waals surface area contributed by atoms with E-state index in [1.54, 1.807) is 0 Å². The van der Waals surface area contributed by atoms with Gasteiger partial charge in [-0.2, -0.15) is 0 Å². The van der Waals surface area contributed by atoms with Crippen molar-refractivity contribution in [2.45, 2.75) is 45.4 Å². The second kappa shape index (κ2) is 12.9. The normalized spacial score (nSPS) is 12.0. The zero-order chi connectivity index (χ0) is 18.8. The first-order chi connectivity index (χ1) is 11.8. The second-order valence-electron chi connectivity index (χ2n) is 6.51. The van der Waals surface area contributed by atoms with Gasteiger partial charge >= 0.3 is 6.09 Å². The maximum atomic E-state index is 12.6. The SMILES string of the molecule is CNCCSc1nnc(C(=O)[C@H](CC(C)C)NC(=O)OCC(C)C)o1.Cl. The predicted octanol–water partition coefficient (Wildman–Crippen LogP) is 2.78. The minimum Gasteiger partial charge on any atom is -0.449 e. The number of halogens is 1. The third-order valence-electron chi connectivity index (χ3n) is 3.06. The molecular formula is C16H29ClN4O4S. The third kappa shape index (κ3) is 9.40. The highest BCUT2D eigenvalue weighted by Gasteiger charge is 2.28. The Labute approximate surface area is 165 Å². The maximum absolute atomic E-state index is 12.6. The van der Waals surface area contributed by atoms with Gasteiger partial charge in [-0.1, -0.05) is 39.5 Å². The van der Waals surface area contributed by atoms with E-state index < -0.39 is 17.9 Å². The summed E-state index contributed by atoms with van der Waals surface area (Å²) in [7, 11) is 1.85. The fourth-order valence-electron chi connectivity index (χ4n) is 1.89. The van der Waals surface area contributed by atoms with Gasteiger partial charge in [0, 0.05) is 12.3 Å². The van der Waals surface area contributed by atoms with E-state index in [9.17, 15) is 9.59 Å². The number of hydrogen-bond acceptors (Lipinski definition) is 8. The summed E-state index contributed by atoms with van der Waals surface area (Å²) >= 11 is 1.37. The molecule has 1 heterocycles. The zero-order valence-electron chi connectivity index (χ0n) is 15.9. The van der Waals surface area contributed by atoms with Crippen molar-refractivity contribution < 1.29 is 18.7 Å². The van der Waals surface area contributed by atoms with Gasteiger partial charge < -0.3 is 19.8 Å². The van der Waals surface area contributed by atoms with Crippen molar-refractivity contribution >= 4 is 36.0 Å². The van der Waals surface area contributed by atoms with Gasteiger partial charge in [-0.3, -0.25) is 4.79 Å². The number of aromatic nitrogens is 2. The van der Waals surface area contributed by atoms with Gasteiger partial charge in [0.1, 0.15) is 6.04 Å². The fraction of sp³-hybridized carbons (Fsp3) is 0.750. The van der Waals surface area contributed by atoms with E-state index in [2.05, 4.69) is 20.8 Å². The number of thioether (sulfide) groups is 1. The molecule has 0 aromatic carbocycles. The molecule has 0 unspecified atom stereocenters. The van der Waals surface area contributed by atoms with Crippen LogP contribution in [-0.4, -0.2) is 54.1 Å². The number of Topliss-reactive ketones (excluding diaryl/α,β-unsaturated/α-hetero) is 1. The molecule has 1 atom stereocenters. The van der Waals surface area contributed by atoms with E-state index in [0.717, 1.165) is 12.3 Å². The van der Waals surface area contributed by atoms with Gasteiger partial charge in [-0.25, -0.2) is 4.79 Å². The highest BCUT2D eigenvalue weighted by Crippen LogP contribution is 2.17. The molecule has 1 aromatic heterocycles. The summed E-state index contributed by atoms with van der Waals surface area (Å²) in [4.78, 5) is 24.5. The lowest BCUT2D eigenvalue weighted by atomic mass is 10.0. The Balaban J connectivity index is 0.00000625. The molecular weight excluding hydrogens is 380 g/mol. The van der Waals surface area contributed by atoms with Crippen molar-refractivity contribution in [3.8, 4) is 0 Å². The van der Waals surface area contributed by atoms with E-state index in [1.807, 2.05) is 34.7 Å². The smallest absolute Gasteiger partial charge is 0.407 e. The van der Waals surface area contributed by atoms with Crippen LogP contribution in [0.1, 0.15) is 44.8 Å². The molecule has 0 aliphatic rings. The number of alkyl carbamates (subject to hydrolysis) is 1. The Morgan fingerprint density at radius 3 is 2.46 bits per heavy atom. The van der Waals surface area contributed by atoms with Crippen molar-refractivity contribution in [2.75, 3.05) is 26.0 Å². The topological polar surface area (TPSA) is 106 Å². The predicted molar refractivity (Wildman–Crippen MR) is 103 cm³/mol. The van der Waals surface area contributed by atoms with Gasteiger partial charge in [-0.05, 0) is 25.3 Å². The molecule has 0 saturated carbocycles. The van der Waals surface area contributed by atoms with E-state index in [0.29, 0.717) is 18.3 Å². The van der Waals surface area contributed by atoms with Crippen molar-refractivity contribution in [3.05, 3.63) is 5.89 Å². The molecule has 0 saturated heterocycles. The molecule has 0 radical (unpaired) electrons. The molecule has 0 bridgehead atoms. The van der Waals surface area contributed by atoms with Crippen LogP contribution in [0, 0.1) is 11.8 Å². The lowest BCUT2D eigenvalue weighted by Gasteiger charge is -2.18. The summed E-state index contributed by atoms with van der Waals surface area (Å²) in [6, 6.07) is -0.754. The fourth-order valence-corrected chi connectivity index (χ4v) is 2.60. The summed E-state index contributed by atoms with van der Waals surface area (Å²) in [6.07, 6.45) is -0.156. The number of amides is 1. The van der Waals surface area contributed by atoms with E-state index in [-0.39, 0.29) is 30.1 Å². The van der Waals surface area contributed by atoms with Gasteiger partial charge in [0.2, 0.25) is 5.78 Å². The minimum absolute atomic E-state index is 0. The molecule has 1 aromatic rings. The summed E-state index contributed by atoms with van der Waals surface area (Å²) in [5.41, 5.74) is 0. The second-order valence-corrected chi connectivity index (χ2v) is 7.55. The number of nitrogens with zero attached hydrogens (tertiary/aromatic N) is 2. The highest BCUT2D eigenvalue weighted by molar-refractivity contribution is 7.99. The van der Waals surface area contributed by atoms with Crippen molar-refractivity contribution in [1.82, 2.24) is 20.8 Å². The van der Waals surface area contributed by atoms with E-state index >= 15 is 0 Å². The van der Waals surface area contributed by atoms with Crippen molar-refractivity contribution in [1.29, 1.82) is 0 Å². The lowest BCUT2D eigenvalue weighted by Crippen LogP contribution is -2.42. The average Bonchev–Trinajstić information content (AvgIpc) is 3.00. The van der Waals surface area contributed by atoms with Crippen LogP contribution in [0.25, 0.3) is 0 Å². The van der Waals surface area contributed by atoms with Crippen LogP contribution in [0.4, 0.5) is 4.79 Å². The number of hydrogen-bond donors (Lipinski definition) is 2. The standard InChI is InChI=1S/C16H28N4O4S.ClH/c1-10(2)8-12(18-15(22)23-9-11(3)4)13(21)14-19-20-16(24-14)25-7-6-17-5;/h10-12,17H,6-9H2,1-5H3,(H,18,22);1H/t12-;/m0./s1. The van der Waals surface area contributed by atoms with Crippen LogP contribution in [0.15, 0.2) is 9.64 Å². The number of carbonyl (C=O) groups excluding carboxylic acids is 2. The lowest BCUT2D eigenvalue weighted by molar-refractivity contribution is 0.0861. The van der Waals surface area contributed by atoms with Gasteiger partial charge in [0.15, 0.2) is 0 Å². The summed E-state index contributed by atoms with van der Waals surface area (Å²) < 4.78 is 10.5. The molecule has 10 heteroatoms. The average molecular weight is 409 g/mol. The van der Waals surface area contributed by atoms with Crippen LogP contribution < -0.4 is 10.6 Å². The number of ether oxygens (including phenoxy) is 1. The van der Waals surface area contributed by atoms with Gasteiger partial charge in [0.25, 0.3) is 11.1 Å². The number of nitrogens with one attached hydrogen (secondary N) is 2. The Morgan fingerprint density at radius 1 is 1.19 bits per heavy atom. The van der Waals surface area contributed by atoms with Gasteiger partial charge in [-0.15, -0.1) is 22.6 Å². The van der Waals surface area contributed by atoms with Crippen LogP contribution in [0.3, 0.4) is 0 Å². The van der Waals surface area contributed by atoms with Crippen LogP contribution >= 0.6 is 24.2 Å². The minimum atomic E-state index is -0.754. The number of rotatable bonds is 11. The zero-order valence-corrected chi connectivity index (χ0v) is 17.5. The third-order valence-corrected chi connectivity index (χ3v) is 3.88. The first kappa shape index (κ1) is 24.7. The van der Waals surface area contributed by atoms with E-state index in [1.165, 1.54) is 11.8 Å². The molecule has 150 valence electrons. The largest absolute Gasteiger partial charge is 0.449 e. The van der Waals surface area contributed by atoms with Crippen LogP contribution in [-0.2, 0) is 4.74 Å². The number of ketones is 1. The summed E-state index contributed by atoms with van der Waals surface area (Å²) in [5.74, 6) is 0.677. The Bertz CT molecular complexity index is 554. The van der Waals surface area contributed by atoms with Crippen LogP contribution in [0.2, 0.25) is 0 Å². The maximum Gasteiger partial charge on any atom is 0.407 e. The molecule has 26 heavy (non-hydrogen) atoms. The molecule has 8 nitrogen and oxygen atoms in total. The van der Waals surface area contributed by atoms with Gasteiger partial charge in [0.05, 0.1) is 6.61 Å². The van der Waals surface area contributed by atoms with Crippen molar-refractivity contribution in [3.63, 3.8) is 0 Å². The Kier molecular flexibility index (Phi) is 12.3. The molecule has 0 aliphatic heterocycles. The number of carbonyl (C=O) groups is 2. The quantitative estimate of drug-likeness (QED) is 0.327. The summed E-state index contributed by atoms with van der Waals surface area (Å²) in [6.45, 7) is 8.89. The molecule has 0 spiro atoms. The first-order valence-electron chi connectivity index (χ1n) is 8.41. The Morgan fingerprint density at radius 2 is 1.88 bits per heavy atom. The summed E-state index contributed by atoms with van der Waals surface area (Å²) in [5, 5.41) is 13.6. The van der Waals surface area contributed by atoms with Crippen LogP contribution in [0.5, 0.6) is 0 Å². The molecule has 0 aliphatic carbocycles. The van der Waals surface area contributed by atoms with Crippen molar-refractivity contribution in [2.24, 2.45) is 11.8 Å². The molecule has 1 amide bonds. The monoisotopic (exact) mass is 408 g/mol. The Hall–Kier alpha value is -1.32. The molecule has 2 N–H and O–H groups in total.